The first-order valence-electron chi connectivity index (χ1n) is 11.0. The average Bonchev–Trinajstić information content (AvgIpc) is 2.73. The van der Waals surface area contributed by atoms with Gasteiger partial charge in [0.15, 0.2) is 5.96 Å². The summed E-state index contributed by atoms with van der Waals surface area (Å²) in [4.78, 5) is 7.33. The molecule has 1 fully saturated rings. The Morgan fingerprint density at radius 1 is 1.14 bits per heavy atom. The van der Waals surface area contributed by atoms with E-state index < -0.39 is 0 Å². The normalized spacial score (nSPS) is 16.5. The molecule has 1 saturated heterocycles. The van der Waals surface area contributed by atoms with E-state index in [0.29, 0.717) is 18.7 Å². The van der Waals surface area contributed by atoms with Crippen molar-refractivity contribution < 1.29 is 4.74 Å². The van der Waals surface area contributed by atoms with Crippen LogP contribution in [0, 0.1) is 0 Å². The molecule has 1 aliphatic heterocycles. The predicted molar refractivity (Wildman–Crippen MR) is 122 cm³/mol. The molecule has 0 saturated carbocycles. The largest absolute Gasteiger partial charge is 0.377 e. The number of nitrogens with one attached hydrogen (secondary N) is 2. The third kappa shape index (κ3) is 7.02. The van der Waals surface area contributed by atoms with Crippen molar-refractivity contribution in [3.05, 3.63) is 48.0 Å². The zero-order valence-corrected chi connectivity index (χ0v) is 18.2. The number of guanidine groups is 1. The van der Waals surface area contributed by atoms with E-state index >= 15 is 0 Å². The van der Waals surface area contributed by atoms with Crippen LogP contribution in [0.25, 0.3) is 10.8 Å². The molecule has 2 aromatic carbocycles. The van der Waals surface area contributed by atoms with Crippen LogP contribution in [0.4, 0.5) is 0 Å². The summed E-state index contributed by atoms with van der Waals surface area (Å²) in [6.45, 7) is 11.9. The molecular formula is C24H36N4O. The maximum atomic E-state index is 5.68. The van der Waals surface area contributed by atoms with Crippen LogP contribution in [0.1, 0.15) is 39.2 Å². The monoisotopic (exact) mass is 396 g/mol. The molecule has 2 N–H and O–H groups in total. The Balaban J connectivity index is 1.50. The van der Waals surface area contributed by atoms with Gasteiger partial charge in [-0.05, 0) is 56.0 Å². The van der Waals surface area contributed by atoms with E-state index in [2.05, 4.69) is 78.8 Å². The summed E-state index contributed by atoms with van der Waals surface area (Å²) in [5, 5.41) is 9.58. The maximum Gasteiger partial charge on any atom is 0.191 e. The van der Waals surface area contributed by atoms with Crippen molar-refractivity contribution >= 4 is 16.7 Å². The van der Waals surface area contributed by atoms with Crippen molar-refractivity contribution in [1.82, 2.24) is 15.5 Å². The fourth-order valence-corrected chi connectivity index (χ4v) is 3.74. The van der Waals surface area contributed by atoms with E-state index in [-0.39, 0.29) is 0 Å². The smallest absolute Gasteiger partial charge is 0.191 e. The lowest BCUT2D eigenvalue weighted by Gasteiger charge is -2.33. The molecule has 3 rings (SSSR count). The number of hydrogen-bond donors (Lipinski definition) is 2. The standard InChI is InChI=1S/C24H36N4O/c1-4-25-24(26-18-20-9-10-21-7-5-6-8-22(21)17-20)27-23-11-13-28(14-12-23)15-16-29-19(2)3/h5-10,17,19,23H,4,11-16,18H2,1-3H3,(H2,25,26,27). The third-order valence-electron chi connectivity index (χ3n) is 5.36. The minimum atomic E-state index is 0.315. The van der Waals surface area contributed by atoms with Gasteiger partial charge < -0.3 is 20.3 Å². The maximum absolute atomic E-state index is 5.68. The number of fused-ring (bicyclic) bond motifs is 1. The highest BCUT2D eigenvalue weighted by atomic mass is 16.5. The summed E-state index contributed by atoms with van der Waals surface area (Å²) < 4.78 is 5.68. The highest BCUT2D eigenvalue weighted by Crippen LogP contribution is 2.16. The van der Waals surface area contributed by atoms with Gasteiger partial charge in [-0.15, -0.1) is 0 Å². The Bertz CT molecular complexity index is 781. The van der Waals surface area contributed by atoms with Crippen LogP contribution in [-0.4, -0.2) is 55.8 Å². The van der Waals surface area contributed by atoms with E-state index in [1.54, 1.807) is 0 Å². The van der Waals surface area contributed by atoms with Crippen LogP contribution >= 0.6 is 0 Å². The Labute approximate surface area is 175 Å². The molecule has 0 spiro atoms. The fourth-order valence-electron chi connectivity index (χ4n) is 3.74. The van der Waals surface area contributed by atoms with Gasteiger partial charge in [0.2, 0.25) is 0 Å². The second-order valence-electron chi connectivity index (χ2n) is 8.06. The van der Waals surface area contributed by atoms with Crippen molar-refractivity contribution in [3.8, 4) is 0 Å². The van der Waals surface area contributed by atoms with Gasteiger partial charge in [-0.3, -0.25) is 0 Å². The lowest BCUT2D eigenvalue weighted by molar-refractivity contribution is 0.0532. The minimum absolute atomic E-state index is 0.315. The number of ether oxygens (including phenoxy) is 1. The summed E-state index contributed by atoms with van der Waals surface area (Å²) in [5.74, 6) is 0.919. The Hall–Kier alpha value is -2.11. The number of likely N-dealkylation sites (tertiary alicyclic amines) is 1. The van der Waals surface area contributed by atoms with Gasteiger partial charge in [0, 0.05) is 32.2 Å². The second kappa shape index (κ2) is 11.2. The van der Waals surface area contributed by atoms with E-state index in [1.165, 1.54) is 16.3 Å². The van der Waals surface area contributed by atoms with Crippen molar-refractivity contribution in [1.29, 1.82) is 0 Å². The lowest BCUT2D eigenvalue weighted by atomic mass is 10.1. The van der Waals surface area contributed by atoms with E-state index in [4.69, 9.17) is 9.73 Å². The average molecular weight is 397 g/mol. The van der Waals surface area contributed by atoms with Gasteiger partial charge in [-0.25, -0.2) is 4.99 Å². The zero-order valence-electron chi connectivity index (χ0n) is 18.2. The first-order valence-corrected chi connectivity index (χ1v) is 11.0. The van der Waals surface area contributed by atoms with Crippen LogP contribution < -0.4 is 10.6 Å². The number of benzene rings is 2. The quantitative estimate of drug-likeness (QED) is 0.527. The molecule has 1 aliphatic rings. The molecule has 0 amide bonds. The number of aliphatic imine (C=N–C) groups is 1. The zero-order chi connectivity index (χ0) is 20.5. The summed E-state index contributed by atoms with van der Waals surface area (Å²) in [7, 11) is 0. The molecule has 158 valence electrons. The predicted octanol–water partition coefficient (Wildman–Crippen LogP) is 3.78. The number of hydrogen-bond acceptors (Lipinski definition) is 3. The molecular weight excluding hydrogens is 360 g/mol. The first-order chi connectivity index (χ1) is 14.1. The second-order valence-corrected chi connectivity index (χ2v) is 8.06. The molecule has 0 aliphatic carbocycles. The van der Waals surface area contributed by atoms with Gasteiger partial charge in [-0.1, -0.05) is 36.4 Å². The third-order valence-corrected chi connectivity index (χ3v) is 5.36. The highest BCUT2D eigenvalue weighted by Gasteiger charge is 2.19. The van der Waals surface area contributed by atoms with Crippen LogP contribution in [-0.2, 0) is 11.3 Å². The number of rotatable bonds is 8. The Morgan fingerprint density at radius 2 is 1.90 bits per heavy atom. The van der Waals surface area contributed by atoms with Crippen molar-refractivity contribution in [2.45, 2.75) is 52.3 Å². The van der Waals surface area contributed by atoms with Crippen LogP contribution in [0.15, 0.2) is 47.5 Å². The van der Waals surface area contributed by atoms with Crippen LogP contribution in [0.2, 0.25) is 0 Å². The van der Waals surface area contributed by atoms with Crippen LogP contribution in [0.5, 0.6) is 0 Å². The molecule has 1 heterocycles. The highest BCUT2D eigenvalue weighted by molar-refractivity contribution is 5.83. The number of nitrogens with zero attached hydrogens (tertiary/aromatic N) is 2. The topological polar surface area (TPSA) is 48.9 Å². The molecule has 0 aromatic heterocycles. The van der Waals surface area contributed by atoms with Gasteiger partial charge in [-0.2, -0.15) is 0 Å². The minimum Gasteiger partial charge on any atom is -0.377 e. The van der Waals surface area contributed by atoms with Gasteiger partial charge in [0.1, 0.15) is 0 Å². The first kappa shape index (κ1) is 21.6. The van der Waals surface area contributed by atoms with E-state index in [9.17, 15) is 0 Å². The Morgan fingerprint density at radius 3 is 2.62 bits per heavy atom. The molecule has 2 aromatic rings. The summed E-state index contributed by atoms with van der Waals surface area (Å²) in [6, 6.07) is 15.5. The van der Waals surface area contributed by atoms with Gasteiger partial charge in [0.25, 0.3) is 0 Å². The fraction of sp³-hybridized carbons (Fsp3) is 0.542. The molecule has 0 radical (unpaired) electrons. The summed E-state index contributed by atoms with van der Waals surface area (Å²) in [5.41, 5.74) is 1.24. The molecule has 0 unspecified atom stereocenters. The summed E-state index contributed by atoms with van der Waals surface area (Å²) >= 11 is 0. The van der Waals surface area contributed by atoms with E-state index in [0.717, 1.165) is 51.6 Å². The SMILES string of the molecule is CCNC(=NCc1ccc2ccccc2c1)NC1CCN(CCOC(C)C)CC1. The van der Waals surface area contributed by atoms with Crippen molar-refractivity contribution in [2.24, 2.45) is 4.99 Å². The molecule has 0 atom stereocenters. The Kier molecular flexibility index (Phi) is 8.32. The number of piperidine rings is 1. The lowest BCUT2D eigenvalue weighted by Crippen LogP contribution is -2.49. The summed E-state index contributed by atoms with van der Waals surface area (Å²) in [6.07, 6.45) is 2.60. The van der Waals surface area contributed by atoms with Crippen molar-refractivity contribution in [2.75, 3.05) is 32.8 Å². The molecule has 5 nitrogen and oxygen atoms in total. The van der Waals surface area contributed by atoms with Crippen molar-refractivity contribution in [3.63, 3.8) is 0 Å². The molecule has 5 heteroatoms. The van der Waals surface area contributed by atoms with Crippen LogP contribution in [0.3, 0.4) is 0 Å². The molecule has 29 heavy (non-hydrogen) atoms. The van der Waals surface area contributed by atoms with E-state index in [1.807, 2.05) is 0 Å². The van der Waals surface area contributed by atoms with Gasteiger partial charge in [0.05, 0.1) is 19.3 Å². The van der Waals surface area contributed by atoms with Gasteiger partial charge >= 0.3 is 0 Å². The molecule has 0 bridgehead atoms.